The predicted molar refractivity (Wildman–Crippen MR) is 101 cm³/mol. The molecular formula is C21H12F2N4O2. The van der Waals surface area contributed by atoms with Crippen molar-refractivity contribution >= 4 is 28.5 Å². The minimum Gasteiger partial charge on any atom is -0.268 e. The first kappa shape index (κ1) is 17.2. The van der Waals surface area contributed by atoms with Crippen molar-refractivity contribution in [3.63, 3.8) is 0 Å². The van der Waals surface area contributed by atoms with Crippen LogP contribution in [0, 0.1) is 18.6 Å². The number of amides is 2. The first-order chi connectivity index (χ1) is 14.0. The van der Waals surface area contributed by atoms with E-state index in [2.05, 4.69) is 10.1 Å². The number of fused-ring (bicyclic) bond motifs is 3. The van der Waals surface area contributed by atoms with E-state index in [1.807, 2.05) is 0 Å². The highest BCUT2D eigenvalue weighted by Crippen LogP contribution is 2.34. The smallest absolute Gasteiger partial charge is 0.267 e. The summed E-state index contributed by atoms with van der Waals surface area (Å²) in [5.74, 6) is -2.51. The molecule has 4 aromatic rings. The largest absolute Gasteiger partial charge is 0.268 e. The van der Waals surface area contributed by atoms with Crippen LogP contribution >= 0.6 is 0 Å². The van der Waals surface area contributed by atoms with Gasteiger partial charge in [-0.25, -0.2) is 23.3 Å². The molecule has 2 aromatic carbocycles. The topological polar surface area (TPSA) is 68.1 Å². The number of rotatable bonds is 2. The quantitative estimate of drug-likeness (QED) is 0.488. The Balaban J connectivity index is 1.74. The Morgan fingerprint density at radius 3 is 2.45 bits per heavy atom. The van der Waals surface area contributed by atoms with Gasteiger partial charge in [-0.3, -0.25) is 9.59 Å². The molecule has 142 valence electrons. The molecule has 0 N–H and O–H groups in total. The van der Waals surface area contributed by atoms with Crippen molar-refractivity contribution in [3.8, 4) is 5.69 Å². The molecule has 2 aromatic heterocycles. The van der Waals surface area contributed by atoms with E-state index in [1.165, 1.54) is 16.9 Å². The molecule has 0 radical (unpaired) electrons. The van der Waals surface area contributed by atoms with Gasteiger partial charge in [-0.05, 0) is 31.2 Å². The normalized spacial score (nSPS) is 13.4. The lowest BCUT2D eigenvalue weighted by Gasteiger charge is -2.13. The van der Waals surface area contributed by atoms with Crippen LogP contribution in [0.5, 0.6) is 0 Å². The van der Waals surface area contributed by atoms with Crippen molar-refractivity contribution < 1.29 is 18.4 Å². The summed E-state index contributed by atoms with van der Waals surface area (Å²) in [4.78, 5) is 31.4. The van der Waals surface area contributed by atoms with Gasteiger partial charge in [-0.1, -0.05) is 18.2 Å². The zero-order chi connectivity index (χ0) is 20.3. The summed E-state index contributed by atoms with van der Waals surface area (Å²) in [6.45, 7) is 1.64. The van der Waals surface area contributed by atoms with E-state index in [0.717, 1.165) is 17.0 Å². The highest BCUT2D eigenvalue weighted by atomic mass is 19.1. The maximum absolute atomic E-state index is 14.3. The lowest BCUT2D eigenvalue weighted by Crippen LogP contribution is -2.29. The van der Waals surface area contributed by atoms with Gasteiger partial charge in [0.2, 0.25) is 0 Å². The molecule has 29 heavy (non-hydrogen) atoms. The highest BCUT2D eigenvalue weighted by Gasteiger charge is 2.40. The van der Waals surface area contributed by atoms with Crippen LogP contribution in [-0.4, -0.2) is 26.6 Å². The van der Waals surface area contributed by atoms with E-state index in [1.54, 1.807) is 37.3 Å². The third-order valence-corrected chi connectivity index (χ3v) is 4.87. The van der Waals surface area contributed by atoms with Crippen LogP contribution in [0.25, 0.3) is 16.7 Å². The van der Waals surface area contributed by atoms with Gasteiger partial charge < -0.3 is 0 Å². The van der Waals surface area contributed by atoms with Crippen molar-refractivity contribution in [1.82, 2.24) is 14.8 Å². The standard InChI is InChI=1S/C21H12F2N4O2/c1-11-17-18-14(20(28)26(21(18)29)13-5-3-2-4-6-13)10-24-19(17)27(25-11)16-8-7-12(22)9-15(16)23/h2-10H,1H3. The third kappa shape index (κ3) is 2.39. The van der Waals surface area contributed by atoms with E-state index in [-0.39, 0.29) is 22.5 Å². The van der Waals surface area contributed by atoms with Gasteiger partial charge in [-0.15, -0.1) is 0 Å². The molecule has 8 heteroatoms. The number of anilines is 1. The van der Waals surface area contributed by atoms with Gasteiger partial charge in [0.1, 0.15) is 11.5 Å². The van der Waals surface area contributed by atoms with E-state index >= 15 is 0 Å². The second-order valence-electron chi connectivity index (χ2n) is 6.62. The Kier molecular flexibility index (Phi) is 3.57. The summed E-state index contributed by atoms with van der Waals surface area (Å²) in [6, 6.07) is 11.7. The fourth-order valence-electron chi connectivity index (χ4n) is 3.59. The second kappa shape index (κ2) is 6.03. The monoisotopic (exact) mass is 390 g/mol. The number of aryl methyl sites for hydroxylation is 1. The molecule has 1 aliphatic heterocycles. The van der Waals surface area contributed by atoms with Crippen LogP contribution in [0.15, 0.2) is 54.7 Å². The van der Waals surface area contributed by atoms with Gasteiger partial charge >= 0.3 is 0 Å². The molecule has 0 saturated heterocycles. The van der Waals surface area contributed by atoms with Crippen molar-refractivity contribution in [2.75, 3.05) is 4.90 Å². The number of hydrogen-bond acceptors (Lipinski definition) is 4. The number of halogens is 2. The summed E-state index contributed by atoms with van der Waals surface area (Å²) >= 11 is 0. The zero-order valence-corrected chi connectivity index (χ0v) is 15.1. The van der Waals surface area contributed by atoms with E-state index in [9.17, 15) is 18.4 Å². The van der Waals surface area contributed by atoms with Crippen LogP contribution in [0.2, 0.25) is 0 Å². The van der Waals surface area contributed by atoms with Crippen molar-refractivity contribution in [1.29, 1.82) is 0 Å². The van der Waals surface area contributed by atoms with Crippen LogP contribution in [0.3, 0.4) is 0 Å². The molecule has 0 spiro atoms. The SMILES string of the molecule is Cc1nn(-c2ccc(F)cc2F)c2ncc3c(c12)C(=O)N(c1ccccc1)C3=O. The average Bonchev–Trinajstić information content (AvgIpc) is 3.17. The summed E-state index contributed by atoms with van der Waals surface area (Å²) in [5, 5.41) is 4.66. The lowest BCUT2D eigenvalue weighted by molar-refractivity contribution is 0.0926. The summed E-state index contributed by atoms with van der Waals surface area (Å²) in [7, 11) is 0. The first-order valence-electron chi connectivity index (χ1n) is 8.75. The molecule has 0 fully saturated rings. The molecule has 0 saturated carbocycles. The molecule has 0 atom stereocenters. The minimum absolute atomic E-state index is 0.00589. The fraction of sp³-hybridized carbons (Fsp3) is 0.0476. The third-order valence-electron chi connectivity index (χ3n) is 4.87. The van der Waals surface area contributed by atoms with Gasteiger partial charge in [0.25, 0.3) is 11.8 Å². The van der Waals surface area contributed by atoms with Gasteiger partial charge in [0.05, 0.1) is 27.9 Å². The maximum atomic E-state index is 14.3. The number of para-hydroxylation sites is 1. The number of aromatic nitrogens is 3. The van der Waals surface area contributed by atoms with Crippen molar-refractivity contribution in [3.05, 3.63) is 83.2 Å². The molecule has 0 unspecified atom stereocenters. The number of nitrogens with zero attached hydrogens (tertiary/aromatic N) is 4. The number of pyridine rings is 1. The van der Waals surface area contributed by atoms with Crippen molar-refractivity contribution in [2.24, 2.45) is 0 Å². The summed E-state index contributed by atoms with van der Waals surface area (Å²) in [5.41, 5.74) is 1.39. The van der Waals surface area contributed by atoms with E-state index in [4.69, 9.17) is 0 Å². The second-order valence-corrected chi connectivity index (χ2v) is 6.62. The molecule has 1 aliphatic rings. The number of imide groups is 1. The maximum Gasteiger partial charge on any atom is 0.267 e. The number of carbonyl (C=O) groups is 2. The molecule has 0 aliphatic carbocycles. The van der Waals surface area contributed by atoms with Crippen LogP contribution in [-0.2, 0) is 0 Å². The molecule has 0 bridgehead atoms. The van der Waals surface area contributed by atoms with Gasteiger partial charge in [0.15, 0.2) is 11.5 Å². The van der Waals surface area contributed by atoms with E-state index < -0.39 is 23.4 Å². The minimum atomic E-state index is -0.815. The van der Waals surface area contributed by atoms with Crippen LogP contribution in [0.4, 0.5) is 14.5 Å². The Bertz CT molecular complexity index is 1330. The molecule has 2 amide bonds. The molecule has 3 heterocycles. The van der Waals surface area contributed by atoms with E-state index in [0.29, 0.717) is 16.8 Å². The van der Waals surface area contributed by atoms with Gasteiger partial charge in [0, 0.05) is 12.3 Å². The molecule has 6 nitrogen and oxygen atoms in total. The van der Waals surface area contributed by atoms with Crippen molar-refractivity contribution in [2.45, 2.75) is 6.92 Å². The van der Waals surface area contributed by atoms with Crippen LogP contribution in [0.1, 0.15) is 26.4 Å². The van der Waals surface area contributed by atoms with Crippen LogP contribution < -0.4 is 4.90 Å². The summed E-state index contributed by atoms with van der Waals surface area (Å²) < 4.78 is 28.8. The Morgan fingerprint density at radius 1 is 0.966 bits per heavy atom. The Labute approximate surface area is 163 Å². The van der Waals surface area contributed by atoms with Gasteiger partial charge in [-0.2, -0.15) is 5.10 Å². The summed E-state index contributed by atoms with van der Waals surface area (Å²) in [6.07, 6.45) is 1.29. The lowest BCUT2D eigenvalue weighted by atomic mass is 10.1. The number of hydrogen-bond donors (Lipinski definition) is 0. The fourth-order valence-corrected chi connectivity index (χ4v) is 3.59. The predicted octanol–water partition coefficient (Wildman–Crippen LogP) is 3.81. The number of benzene rings is 2. The Hall–Kier alpha value is -3.94. The average molecular weight is 390 g/mol. The molecular weight excluding hydrogens is 378 g/mol. The Morgan fingerprint density at radius 2 is 1.72 bits per heavy atom. The zero-order valence-electron chi connectivity index (χ0n) is 15.1. The number of carbonyl (C=O) groups excluding carboxylic acids is 2. The molecule has 5 rings (SSSR count). The first-order valence-corrected chi connectivity index (χ1v) is 8.75. The highest BCUT2D eigenvalue weighted by molar-refractivity contribution is 6.37.